The molecule has 0 saturated heterocycles. The molecule has 0 amide bonds. The largest absolute Gasteiger partial charge is 0.411 e. The normalized spacial score (nSPS) is 14.6. The van der Waals surface area contributed by atoms with Crippen molar-refractivity contribution in [1.82, 2.24) is 0 Å². The van der Waals surface area contributed by atoms with Gasteiger partial charge in [-0.1, -0.05) is 17.3 Å². The van der Waals surface area contributed by atoms with Gasteiger partial charge in [-0.05, 0) is 12.1 Å². The molecule has 1 unspecified atom stereocenters. The Morgan fingerprint density at radius 2 is 2.18 bits per heavy atom. The van der Waals surface area contributed by atoms with E-state index in [9.17, 15) is 12.8 Å². The number of hydrogen-bond donors (Lipinski definition) is 2. The van der Waals surface area contributed by atoms with Crippen LogP contribution in [0, 0.1) is 5.82 Å². The third kappa shape index (κ3) is 3.24. The van der Waals surface area contributed by atoms with Crippen LogP contribution in [0.5, 0.6) is 0 Å². The summed E-state index contributed by atoms with van der Waals surface area (Å²) in [5.74, 6) is -0.589. The summed E-state index contributed by atoms with van der Waals surface area (Å²) in [7, 11) is -3.65. The first-order valence-corrected chi connectivity index (χ1v) is 6.63. The van der Waals surface area contributed by atoms with Crippen molar-refractivity contribution in [2.45, 2.75) is 5.25 Å². The van der Waals surface area contributed by atoms with Crippen LogP contribution < -0.4 is 0 Å². The second kappa shape index (κ2) is 5.24. The summed E-state index contributed by atoms with van der Waals surface area (Å²) in [6, 6.07) is 4.95. The fourth-order valence-corrected chi connectivity index (χ4v) is 2.24. The molecule has 0 aromatic heterocycles. The molecule has 1 atom stereocenters. The molecule has 1 aromatic carbocycles. The Labute approximate surface area is 98.1 Å². The van der Waals surface area contributed by atoms with Gasteiger partial charge in [0, 0.05) is 11.8 Å². The highest BCUT2D eigenvalue weighted by Crippen LogP contribution is 2.12. The SMILES string of the molecule is CS(=O)(=O)C(CO)/C(=N/O)c1cccc(F)c1. The van der Waals surface area contributed by atoms with Gasteiger partial charge in [0.2, 0.25) is 0 Å². The van der Waals surface area contributed by atoms with E-state index in [0.717, 1.165) is 12.3 Å². The highest BCUT2D eigenvalue weighted by molar-refractivity contribution is 7.92. The minimum Gasteiger partial charge on any atom is -0.411 e. The van der Waals surface area contributed by atoms with Crippen molar-refractivity contribution >= 4 is 15.5 Å². The lowest BCUT2D eigenvalue weighted by molar-refractivity contribution is 0.296. The molecule has 0 aliphatic carbocycles. The van der Waals surface area contributed by atoms with Crippen molar-refractivity contribution in [1.29, 1.82) is 0 Å². The molecule has 0 heterocycles. The van der Waals surface area contributed by atoms with Gasteiger partial charge in [0.1, 0.15) is 16.8 Å². The van der Waals surface area contributed by atoms with Crippen molar-refractivity contribution < 1.29 is 23.1 Å². The monoisotopic (exact) mass is 261 g/mol. The molecule has 0 aliphatic rings. The third-order valence-corrected chi connectivity index (χ3v) is 3.62. The minimum atomic E-state index is -3.65. The topological polar surface area (TPSA) is 87.0 Å². The van der Waals surface area contributed by atoms with Crippen molar-refractivity contribution in [2.75, 3.05) is 12.9 Å². The average molecular weight is 261 g/mol. The highest BCUT2D eigenvalue weighted by Gasteiger charge is 2.27. The number of benzene rings is 1. The van der Waals surface area contributed by atoms with E-state index in [1.54, 1.807) is 0 Å². The molecule has 2 N–H and O–H groups in total. The maximum absolute atomic E-state index is 13.0. The molecule has 1 rings (SSSR count). The van der Waals surface area contributed by atoms with Crippen LogP contribution in [0.4, 0.5) is 4.39 Å². The van der Waals surface area contributed by atoms with E-state index in [4.69, 9.17) is 10.3 Å². The van der Waals surface area contributed by atoms with Crippen LogP contribution in [0.25, 0.3) is 0 Å². The number of sulfone groups is 1. The fourth-order valence-electron chi connectivity index (χ4n) is 1.38. The van der Waals surface area contributed by atoms with E-state index in [0.29, 0.717) is 0 Å². The zero-order chi connectivity index (χ0) is 13.1. The number of oxime groups is 1. The first-order valence-electron chi connectivity index (χ1n) is 4.67. The van der Waals surface area contributed by atoms with E-state index in [-0.39, 0.29) is 11.3 Å². The molecule has 5 nitrogen and oxygen atoms in total. The van der Waals surface area contributed by atoms with Crippen LogP contribution in [0.2, 0.25) is 0 Å². The first kappa shape index (κ1) is 13.6. The van der Waals surface area contributed by atoms with Gasteiger partial charge in [-0.2, -0.15) is 0 Å². The molecule has 17 heavy (non-hydrogen) atoms. The summed E-state index contributed by atoms with van der Waals surface area (Å²) in [5, 5.41) is 19.3. The van der Waals surface area contributed by atoms with Crippen molar-refractivity contribution in [3.8, 4) is 0 Å². The zero-order valence-corrected chi connectivity index (χ0v) is 9.85. The number of halogens is 1. The second-order valence-electron chi connectivity index (χ2n) is 3.50. The summed E-state index contributed by atoms with van der Waals surface area (Å²) in [6.07, 6.45) is 0.901. The highest BCUT2D eigenvalue weighted by atomic mass is 32.2. The first-order chi connectivity index (χ1) is 7.90. The maximum atomic E-state index is 13.0. The maximum Gasteiger partial charge on any atom is 0.158 e. The predicted molar refractivity (Wildman–Crippen MR) is 60.4 cm³/mol. The predicted octanol–water partition coefficient (Wildman–Crippen LogP) is 0.409. The average Bonchev–Trinajstić information content (AvgIpc) is 2.23. The Hall–Kier alpha value is -1.47. The zero-order valence-electron chi connectivity index (χ0n) is 9.04. The fraction of sp³-hybridized carbons (Fsp3) is 0.300. The van der Waals surface area contributed by atoms with Gasteiger partial charge >= 0.3 is 0 Å². The molecular weight excluding hydrogens is 249 g/mol. The van der Waals surface area contributed by atoms with Crippen molar-refractivity contribution in [2.24, 2.45) is 5.16 Å². The Kier molecular flexibility index (Phi) is 4.19. The summed E-state index contributed by atoms with van der Waals surface area (Å²) in [4.78, 5) is 0. The Morgan fingerprint density at radius 3 is 2.59 bits per heavy atom. The third-order valence-electron chi connectivity index (χ3n) is 2.22. The van der Waals surface area contributed by atoms with Crippen molar-refractivity contribution in [3.05, 3.63) is 35.6 Å². The molecule has 94 valence electrons. The van der Waals surface area contributed by atoms with Crippen LogP contribution in [0.15, 0.2) is 29.4 Å². The molecule has 7 heteroatoms. The number of hydrogen-bond acceptors (Lipinski definition) is 5. The Bertz CT molecular complexity index is 527. The molecule has 0 saturated carbocycles. The quantitative estimate of drug-likeness (QED) is 0.467. The van der Waals surface area contributed by atoms with Gasteiger partial charge in [-0.15, -0.1) is 0 Å². The number of aliphatic hydroxyl groups is 1. The van der Waals surface area contributed by atoms with Gasteiger partial charge in [-0.25, -0.2) is 12.8 Å². The lowest BCUT2D eigenvalue weighted by Crippen LogP contribution is -2.33. The van der Waals surface area contributed by atoms with E-state index in [1.807, 2.05) is 0 Å². The van der Waals surface area contributed by atoms with Crippen LogP contribution >= 0.6 is 0 Å². The lowest BCUT2D eigenvalue weighted by atomic mass is 10.1. The van der Waals surface area contributed by atoms with Gasteiger partial charge < -0.3 is 10.3 Å². The van der Waals surface area contributed by atoms with Crippen LogP contribution in [0.1, 0.15) is 5.56 Å². The lowest BCUT2D eigenvalue weighted by Gasteiger charge is -2.13. The summed E-state index contributed by atoms with van der Waals surface area (Å²) >= 11 is 0. The Morgan fingerprint density at radius 1 is 1.53 bits per heavy atom. The summed E-state index contributed by atoms with van der Waals surface area (Å²) in [5.41, 5.74) is -0.175. The second-order valence-corrected chi connectivity index (χ2v) is 5.72. The van der Waals surface area contributed by atoms with Crippen LogP contribution in [-0.4, -0.2) is 42.6 Å². The minimum absolute atomic E-state index is 0.108. The molecule has 1 aromatic rings. The molecule has 0 fully saturated rings. The van der Waals surface area contributed by atoms with E-state index >= 15 is 0 Å². The molecule has 0 spiro atoms. The number of nitrogens with zero attached hydrogens (tertiary/aromatic N) is 1. The van der Waals surface area contributed by atoms with E-state index < -0.39 is 27.5 Å². The van der Waals surface area contributed by atoms with Gasteiger partial charge in [0.15, 0.2) is 9.84 Å². The van der Waals surface area contributed by atoms with E-state index in [1.165, 1.54) is 18.2 Å². The van der Waals surface area contributed by atoms with Gasteiger partial charge in [0.05, 0.1) is 6.61 Å². The molecule has 0 bridgehead atoms. The standard InChI is InChI=1S/C10H12FNO4S/c1-17(15,16)9(6-13)10(12-14)7-3-2-4-8(11)5-7/h2-5,9,13-14H,6H2,1H3/b12-10+. The number of aliphatic hydroxyl groups excluding tert-OH is 1. The van der Waals surface area contributed by atoms with Crippen LogP contribution in [-0.2, 0) is 9.84 Å². The van der Waals surface area contributed by atoms with Crippen LogP contribution in [0.3, 0.4) is 0 Å². The summed E-state index contributed by atoms with van der Waals surface area (Å²) in [6.45, 7) is -0.741. The molecule has 0 radical (unpaired) electrons. The molecule has 0 aliphatic heterocycles. The van der Waals surface area contributed by atoms with Crippen molar-refractivity contribution in [3.63, 3.8) is 0 Å². The van der Waals surface area contributed by atoms with E-state index in [2.05, 4.69) is 5.16 Å². The molecular formula is C10H12FNO4S. The van der Waals surface area contributed by atoms with Gasteiger partial charge in [0.25, 0.3) is 0 Å². The Balaban J connectivity index is 3.25. The summed E-state index contributed by atoms with van der Waals surface area (Å²) < 4.78 is 35.7. The van der Waals surface area contributed by atoms with Gasteiger partial charge in [-0.3, -0.25) is 0 Å². The smallest absolute Gasteiger partial charge is 0.158 e. The number of rotatable bonds is 4.